The molecule has 0 bridgehead atoms. The summed E-state index contributed by atoms with van der Waals surface area (Å²) in [5, 5.41) is 0. The number of nitrogens with zero attached hydrogens (tertiary/aromatic N) is 1. The summed E-state index contributed by atoms with van der Waals surface area (Å²) in [7, 11) is 0. The molecule has 0 N–H and O–H groups in total. The Morgan fingerprint density at radius 2 is 1.96 bits per heavy atom. The molecule has 1 aromatic rings. The molecule has 1 amide bonds. The molecule has 0 saturated carbocycles. The predicted octanol–water partition coefficient (Wildman–Crippen LogP) is 3.23. The fourth-order valence-corrected chi connectivity index (χ4v) is 2.62. The van der Waals surface area contributed by atoms with Crippen molar-refractivity contribution in [1.82, 2.24) is 4.90 Å². The fraction of sp³-hybridized carbons (Fsp3) is 0.529. The average Bonchev–Trinajstić information content (AvgIpc) is 2.55. The molecular formula is C17H21F2NO4. The number of hydrogen-bond donors (Lipinski definition) is 0. The zero-order valence-corrected chi connectivity index (χ0v) is 13.5. The molecular weight excluding hydrogens is 320 g/mol. The van der Waals surface area contributed by atoms with E-state index in [0.29, 0.717) is 0 Å². The van der Waals surface area contributed by atoms with Crippen molar-refractivity contribution < 1.29 is 27.8 Å². The molecule has 1 fully saturated rings. The molecule has 24 heavy (non-hydrogen) atoms. The van der Waals surface area contributed by atoms with E-state index in [-0.39, 0.29) is 32.6 Å². The van der Waals surface area contributed by atoms with Crippen molar-refractivity contribution in [3.05, 3.63) is 35.9 Å². The number of likely N-dealkylation sites (tertiary alicyclic amines) is 1. The summed E-state index contributed by atoms with van der Waals surface area (Å²) in [4.78, 5) is 24.4. The third-order valence-corrected chi connectivity index (χ3v) is 3.93. The molecule has 1 saturated heterocycles. The summed E-state index contributed by atoms with van der Waals surface area (Å²) in [6.45, 7) is 1.21. The number of piperidine rings is 1. The van der Waals surface area contributed by atoms with Crippen LogP contribution < -0.4 is 0 Å². The van der Waals surface area contributed by atoms with E-state index in [9.17, 15) is 18.4 Å². The van der Waals surface area contributed by atoms with Gasteiger partial charge in [-0.1, -0.05) is 30.3 Å². The van der Waals surface area contributed by atoms with Crippen molar-refractivity contribution in [3.63, 3.8) is 0 Å². The van der Waals surface area contributed by atoms with Crippen LogP contribution in [0.3, 0.4) is 0 Å². The van der Waals surface area contributed by atoms with E-state index < -0.39 is 30.4 Å². The van der Waals surface area contributed by atoms with E-state index in [1.165, 1.54) is 0 Å². The smallest absolute Gasteiger partial charge is 0.410 e. The Bertz CT molecular complexity index is 565. The van der Waals surface area contributed by atoms with Crippen LogP contribution in [0.1, 0.15) is 25.3 Å². The minimum absolute atomic E-state index is 0.0340. The second-order valence-electron chi connectivity index (χ2n) is 5.72. The molecule has 0 aliphatic carbocycles. The number of hydrogen-bond acceptors (Lipinski definition) is 4. The van der Waals surface area contributed by atoms with Gasteiger partial charge in [-0.2, -0.15) is 0 Å². The van der Waals surface area contributed by atoms with Crippen LogP contribution in [0.2, 0.25) is 0 Å². The summed E-state index contributed by atoms with van der Waals surface area (Å²) in [6, 6.07) is 9.01. The lowest BCUT2D eigenvalue weighted by molar-refractivity contribution is -0.153. The topological polar surface area (TPSA) is 55.8 Å². The Kier molecular flexibility index (Phi) is 6.11. The Hall–Kier alpha value is -2.18. The van der Waals surface area contributed by atoms with Gasteiger partial charge in [-0.05, 0) is 18.9 Å². The number of halogens is 2. The third kappa shape index (κ3) is 4.91. The van der Waals surface area contributed by atoms with Gasteiger partial charge in [-0.15, -0.1) is 0 Å². The zero-order chi connectivity index (χ0) is 17.6. The lowest BCUT2D eigenvalue weighted by Crippen LogP contribution is -2.51. The van der Waals surface area contributed by atoms with E-state index in [0.717, 1.165) is 10.5 Å². The van der Waals surface area contributed by atoms with Gasteiger partial charge in [0.05, 0.1) is 19.6 Å². The lowest BCUT2D eigenvalue weighted by Gasteiger charge is -2.37. The number of rotatable bonds is 5. The highest BCUT2D eigenvalue weighted by atomic mass is 19.3. The molecule has 0 radical (unpaired) electrons. The van der Waals surface area contributed by atoms with Crippen LogP contribution in [0, 0.1) is 5.92 Å². The maximum atomic E-state index is 14.2. The van der Waals surface area contributed by atoms with Gasteiger partial charge in [0.2, 0.25) is 0 Å². The van der Waals surface area contributed by atoms with Crippen molar-refractivity contribution in [2.45, 2.75) is 32.3 Å². The van der Waals surface area contributed by atoms with Gasteiger partial charge < -0.3 is 14.4 Å². The first-order valence-electron chi connectivity index (χ1n) is 7.91. The highest BCUT2D eigenvalue weighted by Gasteiger charge is 2.47. The van der Waals surface area contributed by atoms with E-state index in [4.69, 9.17) is 9.47 Å². The van der Waals surface area contributed by atoms with E-state index in [2.05, 4.69) is 0 Å². The van der Waals surface area contributed by atoms with Gasteiger partial charge in [-0.25, -0.2) is 13.6 Å². The maximum Gasteiger partial charge on any atom is 0.410 e. The van der Waals surface area contributed by atoms with Crippen molar-refractivity contribution in [1.29, 1.82) is 0 Å². The number of benzene rings is 1. The Labute approximate surface area is 139 Å². The van der Waals surface area contributed by atoms with Crippen LogP contribution in [0.5, 0.6) is 0 Å². The van der Waals surface area contributed by atoms with Gasteiger partial charge in [0.25, 0.3) is 5.92 Å². The summed E-state index contributed by atoms with van der Waals surface area (Å²) in [5.74, 6) is -4.89. The highest BCUT2D eigenvalue weighted by molar-refractivity contribution is 5.70. The molecule has 0 aromatic heterocycles. The SMILES string of the molecule is CCOC(=O)CC1CCN(C(=O)OCc2ccccc2)CC1(F)F. The minimum atomic E-state index is -3.14. The monoisotopic (exact) mass is 341 g/mol. The minimum Gasteiger partial charge on any atom is -0.466 e. The largest absolute Gasteiger partial charge is 0.466 e. The molecule has 5 nitrogen and oxygen atoms in total. The Morgan fingerprint density at radius 1 is 1.25 bits per heavy atom. The number of amides is 1. The zero-order valence-electron chi connectivity index (χ0n) is 13.5. The summed E-state index contributed by atoms with van der Waals surface area (Å²) >= 11 is 0. The quantitative estimate of drug-likeness (QED) is 0.772. The van der Waals surface area contributed by atoms with Gasteiger partial charge in [-0.3, -0.25) is 4.79 Å². The van der Waals surface area contributed by atoms with E-state index >= 15 is 0 Å². The second-order valence-corrected chi connectivity index (χ2v) is 5.72. The van der Waals surface area contributed by atoms with Crippen molar-refractivity contribution in [2.24, 2.45) is 5.92 Å². The molecule has 1 heterocycles. The normalized spacial score (nSPS) is 19.6. The molecule has 1 aliphatic rings. The second kappa shape index (κ2) is 8.08. The molecule has 1 aliphatic heterocycles. The van der Waals surface area contributed by atoms with Crippen LogP contribution in [0.4, 0.5) is 13.6 Å². The van der Waals surface area contributed by atoms with Crippen molar-refractivity contribution in [3.8, 4) is 0 Å². The van der Waals surface area contributed by atoms with Crippen LogP contribution in [-0.2, 0) is 20.9 Å². The van der Waals surface area contributed by atoms with E-state index in [1.54, 1.807) is 31.2 Å². The first-order valence-corrected chi connectivity index (χ1v) is 7.91. The van der Waals surface area contributed by atoms with Crippen molar-refractivity contribution in [2.75, 3.05) is 19.7 Å². The molecule has 132 valence electrons. The van der Waals surface area contributed by atoms with Gasteiger partial charge in [0.1, 0.15) is 6.61 Å². The first-order chi connectivity index (χ1) is 11.4. The summed E-state index contributed by atoms with van der Waals surface area (Å²) in [5.41, 5.74) is 0.787. The number of ether oxygens (including phenoxy) is 2. The highest BCUT2D eigenvalue weighted by Crippen LogP contribution is 2.35. The van der Waals surface area contributed by atoms with Crippen LogP contribution >= 0.6 is 0 Å². The number of carbonyl (C=O) groups is 2. The van der Waals surface area contributed by atoms with E-state index in [1.807, 2.05) is 6.07 Å². The summed E-state index contributed by atoms with van der Waals surface area (Å²) < 4.78 is 38.2. The first kappa shape index (κ1) is 18.2. The molecule has 7 heteroatoms. The average molecular weight is 341 g/mol. The van der Waals surface area contributed by atoms with Crippen LogP contribution in [-0.4, -0.2) is 42.6 Å². The van der Waals surface area contributed by atoms with Gasteiger partial charge >= 0.3 is 12.1 Å². The Balaban J connectivity index is 1.86. The summed E-state index contributed by atoms with van der Waals surface area (Å²) in [6.07, 6.45) is -1.08. The third-order valence-electron chi connectivity index (χ3n) is 3.93. The van der Waals surface area contributed by atoms with Crippen LogP contribution in [0.15, 0.2) is 30.3 Å². The number of alkyl halides is 2. The Morgan fingerprint density at radius 3 is 2.58 bits per heavy atom. The predicted molar refractivity (Wildman–Crippen MR) is 82.5 cm³/mol. The lowest BCUT2D eigenvalue weighted by atomic mass is 9.90. The van der Waals surface area contributed by atoms with Crippen molar-refractivity contribution >= 4 is 12.1 Å². The molecule has 1 aromatic carbocycles. The molecule has 1 unspecified atom stereocenters. The standard InChI is InChI=1S/C17H21F2NO4/c1-2-23-15(21)10-14-8-9-20(12-17(14,18)19)16(22)24-11-13-6-4-3-5-7-13/h3-7,14H,2,8-12H2,1H3. The molecule has 2 rings (SSSR count). The maximum absolute atomic E-state index is 14.2. The molecule has 1 atom stereocenters. The fourth-order valence-electron chi connectivity index (χ4n) is 2.62. The molecule has 0 spiro atoms. The number of carbonyl (C=O) groups excluding carboxylic acids is 2. The van der Waals surface area contributed by atoms with Gasteiger partial charge in [0.15, 0.2) is 0 Å². The number of esters is 1. The van der Waals surface area contributed by atoms with Gasteiger partial charge in [0, 0.05) is 12.5 Å². The van der Waals surface area contributed by atoms with Crippen LogP contribution in [0.25, 0.3) is 0 Å².